The van der Waals surface area contributed by atoms with Crippen LogP contribution in [-0.2, 0) is 4.79 Å². The lowest BCUT2D eigenvalue weighted by Crippen LogP contribution is -2.26. The van der Waals surface area contributed by atoms with E-state index in [1.807, 2.05) is 0 Å². The van der Waals surface area contributed by atoms with Crippen molar-refractivity contribution in [1.29, 1.82) is 0 Å². The zero-order valence-electron chi connectivity index (χ0n) is 8.00. The summed E-state index contributed by atoms with van der Waals surface area (Å²) in [7, 11) is 0. The molecule has 0 saturated carbocycles. The van der Waals surface area contributed by atoms with Crippen molar-refractivity contribution in [3.63, 3.8) is 0 Å². The molecule has 1 amide bonds. The molecular formula is C6H6N6O4. The van der Waals surface area contributed by atoms with E-state index in [-0.39, 0.29) is 28.3 Å². The highest BCUT2D eigenvalue weighted by Crippen LogP contribution is 2.21. The highest BCUT2D eigenvalue weighted by atomic mass is 16.8. The summed E-state index contributed by atoms with van der Waals surface area (Å²) in [5.41, 5.74) is 4.99. The monoisotopic (exact) mass is 226 g/mol. The molecule has 0 atom stereocenters. The molecule has 0 aliphatic carbocycles. The Morgan fingerprint density at radius 3 is 2.88 bits per heavy atom. The van der Waals surface area contributed by atoms with Crippen LogP contribution in [-0.4, -0.2) is 21.3 Å². The van der Waals surface area contributed by atoms with Crippen molar-refractivity contribution in [3.8, 4) is 11.6 Å². The van der Waals surface area contributed by atoms with Crippen LogP contribution in [0.5, 0.6) is 0 Å². The fourth-order valence-corrected chi connectivity index (χ4v) is 1.01. The molecule has 84 valence electrons. The van der Waals surface area contributed by atoms with Crippen LogP contribution in [0.4, 0.5) is 11.8 Å². The van der Waals surface area contributed by atoms with Gasteiger partial charge in [0.05, 0.1) is 5.16 Å². The maximum absolute atomic E-state index is 11.2. The maximum Gasteiger partial charge on any atom is 0.327 e. The van der Waals surface area contributed by atoms with Gasteiger partial charge in [-0.3, -0.25) is 14.7 Å². The van der Waals surface area contributed by atoms with Crippen LogP contribution in [0.25, 0.3) is 11.6 Å². The van der Waals surface area contributed by atoms with Gasteiger partial charge in [-0.15, -0.1) is 5.10 Å². The smallest absolute Gasteiger partial charge is 0.327 e. The highest BCUT2D eigenvalue weighted by molar-refractivity contribution is 5.90. The number of amides is 1. The molecule has 10 heteroatoms. The molecule has 10 nitrogen and oxygen atoms in total. The average molecular weight is 226 g/mol. The number of rotatable bonds is 2. The van der Waals surface area contributed by atoms with Crippen molar-refractivity contribution >= 4 is 17.7 Å². The van der Waals surface area contributed by atoms with Crippen LogP contribution < -0.4 is 16.0 Å². The fourth-order valence-electron chi connectivity index (χ4n) is 1.01. The van der Waals surface area contributed by atoms with Gasteiger partial charge in [-0.1, -0.05) is 5.10 Å². The molecule has 2 aromatic rings. The Balaban J connectivity index is 2.46. The second-order valence-corrected chi connectivity index (χ2v) is 2.75. The average Bonchev–Trinajstić information content (AvgIpc) is 2.73. The number of nitrogens with zero attached hydrogens (tertiary/aromatic N) is 4. The Morgan fingerprint density at radius 1 is 1.56 bits per heavy atom. The summed E-state index contributed by atoms with van der Waals surface area (Å²) in [6.45, 7) is 1.25. The Morgan fingerprint density at radius 2 is 2.31 bits per heavy atom. The lowest BCUT2D eigenvalue weighted by molar-refractivity contribution is -0.794. The van der Waals surface area contributed by atoms with Crippen molar-refractivity contribution in [2.45, 2.75) is 6.92 Å². The Bertz CT molecular complexity index is 531. The first-order valence-electron chi connectivity index (χ1n) is 4.04. The number of carbonyl (C=O) groups excluding carboxylic acids is 1. The van der Waals surface area contributed by atoms with Gasteiger partial charge in [0, 0.05) is 6.92 Å². The van der Waals surface area contributed by atoms with E-state index in [9.17, 15) is 10.0 Å². The van der Waals surface area contributed by atoms with Crippen molar-refractivity contribution < 1.29 is 18.7 Å². The van der Waals surface area contributed by atoms with Crippen molar-refractivity contribution in [1.82, 2.24) is 15.4 Å². The summed E-state index contributed by atoms with van der Waals surface area (Å²) < 4.78 is 9.10. The Labute approximate surface area is 87.6 Å². The van der Waals surface area contributed by atoms with Gasteiger partial charge in [-0.25, -0.2) is 0 Å². The minimum Gasteiger partial charge on any atom is -0.400 e. The van der Waals surface area contributed by atoms with Gasteiger partial charge in [0.2, 0.25) is 5.91 Å². The van der Waals surface area contributed by atoms with Crippen molar-refractivity contribution in [3.05, 3.63) is 5.21 Å². The molecule has 2 aromatic heterocycles. The van der Waals surface area contributed by atoms with E-state index in [1.165, 1.54) is 6.92 Å². The predicted octanol–water partition coefficient (Wildman–Crippen LogP) is -1.10. The summed E-state index contributed by atoms with van der Waals surface area (Å²) in [4.78, 5) is 10.8. The van der Waals surface area contributed by atoms with E-state index in [1.54, 1.807) is 0 Å². The number of aromatic nitrogens is 4. The van der Waals surface area contributed by atoms with E-state index in [0.29, 0.717) is 0 Å². The summed E-state index contributed by atoms with van der Waals surface area (Å²) in [6.07, 6.45) is 0. The lowest BCUT2D eigenvalue weighted by atomic mass is 10.4. The Hall–Kier alpha value is -2.65. The molecule has 0 unspecified atom stereocenters. The van der Waals surface area contributed by atoms with Crippen LogP contribution in [0, 0.1) is 5.21 Å². The summed E-state index contributed by atoms with van der Waals surface area (Å²) >= 11 is 0. The zero-order chi connectivity index (χ0) is 11.7. The number of hydrogen-bond acceptors (Lipinski definition) is 8. The maximum atomic E-state index is 11.2. The SMILES string of the molecule is CC(=O)Nc1no[n+]([O-])c1-c1nnc(N)o1. The van der Waals surface area contributed by atoms with Crippen LogP contribution in [0.15, 0.2) is 9.05 Å². The van der Waals surface area contributed by atoms with Gasteiger partial charge >= 0.3 is 17.5 Å². The molecule has 0 aliphatic rings. The molecule has 2 rings (SSSR count). The Kier molecular flexibility index (Phi) is 2.16. The van der Waals surface area contributed by atoms with E-state index < -0.39 is 5.91 Å². The number of carbonyl (C=O) groups is 1. The molecule has 0 saturated heterocycles. The lowest BCUT2D eigenvalue weighted by Gasteiger charge is -1.92. The third-order valence-corrected chi connectivity index (χ3v) is 1.55. The van der Waals surface area contributed by atoms with Gasteiger partial charge in [-0.05, 0) is 4.90 Å². The molecule has 0 aliphatic heterocycles. The third kappa shape index (κ3) is 1.63. The highest BCUT2D eigenvalue weighted by Gasteiger charge is 2.27. The third-order valence-electron chi connectivity index (χ3n) is 1.55. The number of hydrogen-bond donors (Lipinski definition) is 2. The number of anilines is 2. The topological polar surface area (TPSA) is 147 Å². The van der Waals surface area contributed by atoms with E-state index >= 15 is 0 Å². The minimum absolute atomic E-state index is 0.0260. The first-order chi connectivity index (χ1) is 7.58. The normalized spacial score (nSPS) is 10.3. The first kappa shape index (κ1) is 9.89. The van der Waals surface area contributed by atoms with Crippen LogP contribution in [0.2, 0.25) is 0 Å². The molecule has 16 heavy (non-hydrogen) atoms. The second kappa shape index (κ2) is 3.49. The van der Waals surface area contributed by atoms with E-state index in [0.717, 1.165) is 0 Å². The van der Waals surface area contributed by atoms with Gasteiger partial charge in [0.25, 0.3) is 5.89 Å². The van der Waals surface area contributed by atoms with Crippen molar-refractivity contribution in [2.75, 3.05) is 11.1 Å². The predicted molar refractivity (Wildman–Crippen MR) is 47.5 cm³/mol. The van der Waals surface area contributed by atoms with Gasteiger partial charge in [0.15, 0.2) is 0 Å². The summed E-state index contributed by atoms with van der Waals surface area (Å²) in [5.74, 6) is -0.744. The summed E-state index contributed by atoms with van der Waals surface area (Å²) in [6, 6.07) is -0.218. The number of nitrogen functional groups attached to an aromatic ring is 1. The largest absolute Gasteiger partial charge is 0.400 e. The molecule has 2 heterocycles. The minimum atomic E-state index is -0.428. The molecule has 0 spiro atoms. The van der Waals surface area contributed by atoms with Crippen LogP contribution in [0.1, 0.15) is 6.92 Å². The number of nitrogens with two attached hydrogens (primary N) is 1. The molecule has 0 radical (unpaired) electrons. The van der Waals surface area contributed by atoms with E-state index in [2.05, 4.69) is 25.3 Å². The number of nitrogens with one attached hydrogen (secondary N) is 1. The molecule has 0 bridgehead atoms. The second-order valence-electron chi connectivity index (χ2n) is 2.75. The van der Waals surface area contributed by atoms with Crippen molar-refractivity contribution in [2.24, 2.45) is 0 Å². The molecule has 0 aromatic carbocycles. The molecule has 3 N–H and O–H groups in total. The first-order valence-corrected chi connectivity index (χ1v) is 4.04. The van der Waals surface area contributed by atoms with E-state index in [4.69, 9.17) is 10.2 Å². The quantitative estimate of drug-likeness (QED) is 0.613. The standard InChI is InChI=1S/C6H6N6O4/c1-2(13)8-4-3(12(14)16-11-4)5-9-10-6(7)15-5/h1H3,(H2,7,10)(H,8,11,13). The van der Waals surface area contributed by atoms with Crippen LogP contribution >= 0.6 is 0 Å². The summed E-state index contributed by atoms with van der Waals surface area (Å²) in [5, 5.41) is 23.6. The van der Waals surface area contributed by atoms with Gasteiger partial charge < -0.3 is 15.4 Å². The van der Waals surface area contributed by atoms with Gasteiger partial charge in [-0.2, -0.15) is 0 Å². The van der Waals surface area contributed by atoms with Gasteiger partial charge in [0.1, 0.15) is 0 Å². The molecule has 0 fully saturated rings. The van der Waals surface area contributed by atoms with Crippen LogP contribution in [0.3, 0.4) is 0 Å². The fraction of sp³-hybridized carbons (Fsp3) is 0.167. The molecular weight excluding hydrogens is 220 g/mol. The zero-order valence-corrected chi connectivity index (χ0v) is 8.00.